The van der Waals surface area contributed by atoms with E-state index >= 15 is 0 Å². The normalized spacial score (nSPS) is 12.8. The van der Waals surface area contributed by atoms with Crippen molar-refractivity contribution in [1.82, 2.24) is 0 Å². The van der Waals surface area contributed by atoms with E-state index in [1.165, 1.54) is 26.8 Å². The molecule has 0 amide bonds. The molecule has 4 heteroatoms. The predicted molar refractivity (Wildman–Crippen MR) is 99.2 cm³/mol. The van der Waals surface area contributed by atoms with Crippen molar-refractivity contribution in [2.45, 2.75) is 11.8 Å². The standard InChI is InChI=1S/C16H11Br3S/c1-9-5-6-11(14(18)7-9)15(19)12-8-20-16-10(12)3-2-4-13(16)17/h2-8,15H,1H3. The number of halogens is 3. The van der Waals surface area contributed by atoms with Gasteiger partial charge in [0.15, 0.2) is 0 Å². The average Bonchev–Trinajstić information content (AvgIpc) is 2.83. The summed E-state index contributed by atoms with van der Waals surface area (Å²) in [5.41, 5.74) is 3.84. The molecule has 0 saturated heterocycles. The molecule has 0 fully saturated rings. The van der Waals surface area contributed by atoms with Crippen molar-refractivity contribution in [3.8, 4) is 0 Å². The van der Waals surface area contributed by atoms with Crippen LogP contribution in [-0.2, 0) is 0 Å². The molecule has 0 nitrogen and oxygen atoms in total. The van der Waals surface area contributed by atoms with Crippen LogP contribution in [0, 0.1) is 6.92 Å². The zero-order valence-electron chi connectivity index (χ0n) is 10.7. The number of rotatable bonds is 2. The van der Waals surface area contributed by atoms with Crippen LogP contribution in [0.15, 0.2) is 50.7 Å². The van der Waals surface area contributed by atoms with E-state index in [0.29, 0.717) is 0 Å². The number of thiophene rings is 1. The highest BCUT2D eigenvalue weighted by Gasteiger charge is 2.18. The van der Waals surface area contributed by atoms with Crippen LogP contribution in [-0.4, -0.2) is 0 Å². The van der Waals surface area contributed by atoms with Crippen LogP contribution >= 0.6 is 59.1 Å². The van der Waals surface area contributed by atoms with Crippen LogP contribution < -0.4 is 0 Å². The van der Waals surface area contributed by atoms with Gasteiger partial charge in [-0.2, -0.15) is 0 Å². The van der Waals surface area contributed by atoms with Crippen molar-refractivity contribution in [3.05, 3.63) is 67.4 Å². The Morgan fingerprint density at radius 1 is 1.00 bits per heavy atom. The van der Waals surface area contributed by atoms with E-state index in [-0.39, 0.29) is 4.83 Å². The van der Waals surface area contributed by atoms with Gasteiger partial charge < -0.3 is 0 Å². The summed E-state index contributed by atoms with van der Waals surface area (Å²) < 4.78 is 3.61. The molecule has 1 aromatic heterocycles. The maximum atomic E-state index is 3.86. The first-order chi connectivity index (χ1) is 9.58. The Bertz CT molecular complexity index is 776. The lowest BCUT2D eigenvalue weighted by atomic mass is 10.0. The number of fused-ring (bicyclic) bond motifs is 1. The first-order valence-corrected chi connectivity index (χ1v) is 9.52. The third kappa shape index (κ3) is 2.63. The van der Waals surface area contributed by atoms with Crippen molar-refractivity contribution in [1.29, 1.82) is 0 Å². The largest absolute Gasteiger partial charge is 0.142 e. The molecule has 102 valence electrons. The number of benzene rings is 2. The van der Waals surface area contributed by atoms with Crippen molar-refractivity contribution >= 4 is 69.2 Å². The van der Waals surface area contributed by atoms with Gasteiger partial charge in [0.1, 0.15) is 0 Å². The third-order valence-corrected chi connectivity index (χ3v) is 6.93. The quantitative estimate of drug-likeness (QED) is 0.344. The van der Waals surface area contributed by atoms with Gasteiger partial charge in [-0.25, -0.2) is 0 Å². The first kappa shape index (κ1) is 14.8. The Kier molecular flexibility index (Phi) is 4.37. The second-order valence-corrected chi connectivity index (χ2v) is 8.20. The maximum absolute atomic E-state index is 3.86. The highest BCUT2D eigenvalue weighted by Crippen LogP contribution is 2.42. The lowest BCUT2D eigenvalue weighted by Crippen LogP contribution is -1.93. The second-order valence-electron chi connectivity index (χ2n) is 4.70. The Morgan fingerprint density at radius 3 is 2.55 bits per heavy atom. The zero-order chi connectivity index (χ0) is 14.3. The van der Waals surface area contributed by atoms with E-state index in [4.69, 9.17) is 0 Å². The second kappa shape index (κ2) is 5.91. The highest BCUT2D eigenvalue weighted by atomic mass is 79.9. The molecule has 1 unspecified atom stereocenters. The lowest BCUT2D eigenvalue weighted by Gasteiger charge is -2.12. The summed E-state index contributed by atoms with van der Waals surface area (Å²) in [5.74, 6) is 0. The third-order valence-electron chi connectivity index (χ3n) is 3.28. The van der Waals surface area contributed by atoms with Crippen LogP contribution in [0.25, 0.3) is 10.1 Å². The van der Waals surface area contributed by atoms with Crippen LogP contribution in [0.5, 0.6) is 0 Å². The van der Waals surface area contributed by atoms with E-state index in [0.717, 1.165) is 8.95 Å². The molecule has 0 aliphatic carbocycles. The van der Waals surface area contributed by atoms with Gasteiger partial charge >= 0.3 is 0 Å². The van der Waals surface area contributed by atoms with Crippen molar-refractivity contribution in [2.24, 2.45) is 0 Å². The monoisotopic (exact) mass is 472 g/mol. The minimum absolute atomic E-state index is 0.195. The summed E-state index contributed by atoms with van der Waals surface area (Å²) >= 11 is 12.9. The van der Waals surface area contributed by atoms with Gasteiger partial charge in [-0.05, 0) is 62.4 Å². The Labute approximate surface area is 147 Å². The molecular formula is C16H11Br3S. The molecule has 0 bridgehead atoms. The number of hydrogen-bond donors (Lipinski definition) is 0. The minimum Gasteiger partial charge on any atom is -0.142 e. The van der Waals surface area contributed by atoms with Gasteiger partial charge in [0.2, 0.25) is 0 Å². The summed E-state index contributed by atoms with van der Waals surface area (Å²) in [4.78, 5) is 0.195. The van der Waals surface area contributed by atoms with Gasteiger partial charge in [-0.3, -0.25) is 0 Å². The molecule has 0 aliphatic heterocycles. The Hall–Kier alpha value is -0.160. The van der Waals surface area contributed by atoms with Gasteiger partial charge in [0.05, 0.1) is 4.83 Å². The SMILES string of the molecule is Cc1ccc(C(Br)c2csc3c(Br)cccc23)c(Br)c1. The molecule has 3 aromatic rings. The maximum Gasteiger partial charge on any atom is 0.0669 e. The number of aryl methyl sites for hydroxylation is 1. The Balaban J connectivity index is 2.13. The van der Waals surface area contributed by atoms with Crippen LogP contribution in [0.4, 0.5) is 0 Å². The van der Waals surface area contributed by atoms with E-state index in [1.807, 2.05) is 0 Å². The van der Waals surface area contributed by atoms with Gasteiger partial charge in [0, 0.05) is 13.6 Å². The van der Waals surface area contributed by atoms with Gasteiger partial charge in [-0.1, -0.05) is 56.1 Å². The van der Waals surface area contributed by atoms with Crippen LogP contribution in [0.3, 0.4) is 0 Å². The predicted octanol–water partition coefficient (Wildman–Crippen LogP) is 7.22. The van der Waals surface area contributed by atoms with Crippen molar-refractivity contribution < 1.29 is 0 Å². The molecule has 1 atom stereocenters. The van der Waals surface area contributed by atoms with E-state index < -0.39 is 0 Å². The van der Waals surface area contributed by atoms with E-state index in [1.54, 1.807) is 11.3 Å². The topological polar surface area (TPSA) is 0 Å². The Morgan fingerprint density at radius 2 is 1.80 bits per heavy atom. The lowest BCUT2D eigenvalue weighted by molar-refractivity contribution is 1.18. The summed E-state index contributed by atoms with van der Waals surface area (Å²) in [6.45, 7) is 2.11. The van der Waals surface area contributed by atoms with Gasteiger partial charge in [0.25, 0.3) is 0 Å². The molecule has 2 aromatic carbocycles. The van der Waals surface area contributed by atoms with E-state index in [9.17, 15) is 0 Å². The van der Waals surface area contributed by atoms with Crippen molar-refractivity contribution in [2.75, 3.05) is 0 Å². The molecule has 0 spiro atoms. The smallest absolute Gasteiger partial charge is 0.0669 e. The molecule has 1 heterocycles. The number of alkyl halides is 1. The first-order valence-electron chi connectivity index (χ1n) is 6.13. The van der Waals surface area contributed by atoms with E-state index in [2.05, 4.69) is 96.5 Å². The van der Waals surface area contributed by atoms with Gasteiger partial charge in [-0.15, -0.1) is 11.3 Å². The minimum atomic E-state index is 0.195. The fourth-order valence-electron chi connectivity index (χ4n) is 2.24. The average molecular weight is 475 g/mol. The molecule has 20 heavy (non-hydrogen) atoms. The zero-order valence-corrected chi connectivity index (χ0v) is 16.2. The summed E-state index contributed by atoms with van der Waals surface area (Å²) in [6.07, 6.45) is 0. The van der Waals surface area contributed by atoms with Crippen LogP contribution in [0.1, 0.15) is 21.5 Å². The summed E-state index contributed by atoms with van der Waals surface area (Å²) in [6, 6.07) is 12.9. The molecule has 0 radical (unpaired) electrons. The molecule has 0 N–H and O–H groups in total. The molecule has 0 aliphatic rings. The highest BCUT2D eigenvalue weighted by molar-refractivity contribution is 9.11. The summed E-state index contributed by atoms with van der Waals surface area (Å²) in [5, 5.41) is 3.54. The van der Waals surface area contributed by atoms with Crippen LogP contribution in [0.2, 0.25) is 0 Å². The molecule has 3 rings (SSSR count). The fraction of sp³-hybridized carbons (Fsp3) is 0.125. The molecular weight excluding hydrogens is 464 g/mol. The van der Waals surface area contributed by atoms with Crippen molar-refractivity contribution in [3.63, 3.8) is 0 Å². The molecule has 0 saturated carbocycles. The number of hydrogen-bond acceptors (Lipinski definition) is 1. The summed E-state index contributed by atoms with van der Waals surface area (Å²) in [7, 11) is 0. The fourth-order valence-corrected chi connectivity index (χ4v) is 5.87.